The minimum absolute atomic E-state index is 0.131. The van der Waals surface area contributed by atoms with Crippen LogP contribution in [0.15, 0.2) is 6.20 Å². The second-order valence-electron chi connectivity index (χ2n) is 6.17. The number of nitrogens with two attached hydrogens (primary N) is 1. The molecule has 3 N–H and O–H groups in total. The highest BCUT2D eigenvalue weighted by molar-refractivity contribution is 5.82. The van der Waals surface area contributed by atoms with Gasteiger partial charge in [0.25, 0.3) is 0 Å². The zero-order chi connectivity index (χ0) is 15.6. The van der Waals surface area contributed by atoms with Gasteiger partial charge in [-0.1, -0.05) is 5.21 Å². The molecule has 1 fully saturated rings. The Morgan fingerprint density at radius 3 is 2.71 bits per heavy atom. The quantitative estimate of drug-likeness (QED) is 0.812. The van der Waals surface area contributed by atoms with Crippen molar-refractivity contribution in [2.75, 3.05) is 19.6 Å². The number of likely N-dealkylation sites (N-methyl/N-ethyl adjacent to an activating group) is 1. The summed E-state index contributed by atoms with van der Waals surface area (Å²) >= 11 is 0. The molecule has 21 heavy (non-hydrogen) atoms. The molecule has 1 aliphatic rings. The van der Waals surface area contributed by atoms with Gasteiger partial charge in [0.2, 0.25) is 5.91 Å². The molecule has 1 amide bonds. The maximum absolute atomic E-state index is 12.3. The fraction of sp³-hybridized carbons (Fsp3) is 0.786. The Morgan fingerprint density at radius 2 is 2.19 bits per heavy atom. The first-order valence-corrected chi connectivity index (χ1v) is 7.60. The molecule has 0 saturated carbocycles. The van der Waals surface area contributed by atoms with E-state index >= 15 is 0 Å². The van der Waals surface area contributed by atoms with Crippen LogP contribution in [0.5, 0.6) is 0 Å². The number of hydrogen-bond acceptors (Lipinski definition) is 5. The lowest BCUT2D eigenvalue weighted by Crippen LogP contribution is -2.43. The molecule has 1 aromatic rings. The number of carbonyl (C=O) groups is 1. The molecule has 0 spiro atoms. The molecule has 1 aromatic heterocycles. The van der Waals surface area contributed by atoms with Gasteiger partial charge in [-0.15, -0.1) is 5.10 Å². The van der Waals surface area contributed by atoms with Crippen LogP contribution in [-0.4, -0.2) is 51.5 Å². The highest BCUT2D eigenvalue weighted by Crippen LogP contribution is 2.22. The summed E-state index contributed by atoms with van der Waals surface area (Å²) in [6.07, 6.45) is 2.62. The fourth-order valence-corrected chi connectivity index (χ4v) is 2.61. The Labute approximate surface area is 125 Å². The zero-order valence-electron chi connectivity index (χ0n) is 13.3. The standard InChI is InChI=1S/C14H26N6O/c1-5-19(6-2)13(21)11-7-10(8-16-11)20-9-12(17-18-20)14(3,4)15/h9-11,16H,5-8,15H2,1-4H3/t10-,11+/m1/s1. The Morgan fingerprint density at radius 1 is 1.52 bits per heavy atom. The molecule has 7 heteroatoms. The van der Waals surface area contributed by atoms with Gasteiger partial charge < -0.3 is 16.0 Å². The van der Waals surface area contributed by atoms with E-state index in [1.54, 1.807) is 0 Å². The van der Waals surface area contributed by atoms with Crippen LogP contribution in [0.4, 0.5) is 0 Å². The van der Waals surface area contributed by atoms with E-state index in [0.717, 1.165) is 31.7 Å². The summed E-state index contributed by atoms with van der Waals surface area (Å²) in [7, 11) is 0. The molecule has 0 bridgehead atoms. The van der Waals surface area contributed by atoms with Crippen LogP contribution < -0.4 is 11.1 Å². The predicted octanol–water partition coefficient (Wildman–Crippen LogP) is 0.243. The summed E-state index contributed by atoms with van der Waals surface area (Å²) in [5.74, 6) is 0.169. The highest BCUT2D eigenvalue weighted by Gasteiger charge is 2.33. The topological polar surface area (TPSA) is 89.1 Å². The minimum Gasteiger partial charge on any atom is -0.342 e. The van der Waals surface area contributed by atoms with Crippen LogP contribution in [0.2, 0.25) is 0 Å². The summed E-state index contributed by atoms with van der Waals surface area (Å²) in [5.41, 5.74) is 6.29. The van der Waals surface area contributed by atoms with Crippen molar-refractivity contribution in [1.82, 2.24) is 25.2 Å². The third-order valence-corrected chi connectivity index (χ3v) is 4.03. The Bertz CT molecular complexity index is 488. The molecule has 7 nitrogen and oxygen atoms in total. The molecular weight excluding hydrogens is 268 g/mol. The van der Waals surface area contributed by atoms with E-state index < -0.39 is 5.54 Å². The number of nitrogens with zero attached hydrogens (tertiary/aromatic N) is 4. The summed E-state index contributed by atoms with van der Waals surface area (Å²) < 4.78 is 1.83. The van der Waals surface area contributed by atoms with E-state index in [9.17, 15) is 4.79 Å². The number of carbonyl (C=O) groups excluding carboxylic acids is 1. The average Bonchev–Trinajstić information content (AvgIpc) is 3.08. The van der Waals surface area contributed by atoms with Gasteiger partial charge in [-0.2, -0.15) is 0 Å². The molecule has 0 aromatic carbocycles. The maximum atomic E-state index is 12.3. The Kier molecular flexibility index (Phi) is 4.63. The van der Waals surface area contributed by atoms with E-state index in [1.165, 1.54) is 0 Å². The summed E-state index contributed by atoms with van der Waals surface area (Å²) in [4.78, 5) is 14.2. The van der Waals surface area contributed by atoms with Gasteiger partial charge in [-0.25, -0.2) is 4.68 Å². The molecule has 1 saturated heterocycles. The van der Waals surface area contributed by atoms with Crippen molar-refractivity contribution in [3.8, 4) is 0 Å². The van der Waals surface area contributed by atoms with Crippen molar-refractivity contribution >= 4 is 5.91 Å². The first kappa shape index (κ1) is 15.9. The van der Waals surface area contributed by atoms with E-state index in [2.05, 4.69) is 15.6 Å². The normalized spacial score (nSPS) is 22.5. The number of hydrogen-bond donors (Lipinski definition) is 2. The third-order valence-electron chi connectivity index (χ3n) is 4.03. The van der Waals surface area contributed by atoms with Crippen molar-refractivity contribution in [2.24, 2.45) is 5.73 Å². The van der Waals surface area contributed by atoms with Crippen molar-refractivity contribution in [3.05, 3.63) is 11.9 Å². The van der Waals surface area contributed by atoms with Crippen molar-refractivity contribution < 1.29 is 4.79 Å². The smallest absolute Gasteiger partial charge is 0.239 e. The SMILES string of the molecule is CCN(CC)C(=O)[C@@H]1C[C@@H](n2cc(C(C)(C)N)nn2)CN1. The van der Waals surface area contributed by atoms with Crippen LogP contribution in [0.25, 0.3) is 0 Å². The molecule has 118 valence electrons. The van der Waals surface area contributed by atoms with Gasteiger partial charge in [-0.05, 0) is 34.1 Å². The lowest BCUT2D eigenvalue weighted by atomic mass is 10.0. The van der Waals surface area contributed by atoms with E-state index in [-0.39, 0.29) is 18.0 Å². The minimum atomic E-state index is -0.499. The third kappa shape index (κ3) is 3.41. The monoisotopic (exact) mass is 294 g/mol. The Hall–Kier alpha value is -1.47. The van der Waals surface area contributed by atoms with Crippen molar-refractivity contribution in [1.29, 1.82) is 0 Å². The van der Waals surface area contributed by atoms with Crippen LogP contribution in [0.3, 0.4) is 0 Å². The lowest BCUT2D eigenvalue weighted by molar-refractivity contribution is -0.132. The largest absolute Gasteiger partial charge is 0.342 e. The predicted molar refractivity (Wildman–Crippen MR) is 80.6 cm³/mol. The van der Waals surface area contributed by atoms with Gasteiger partial charge in [0, 0.05) is 19.6 Å². The van der Waals surface area contributed by atoms with E-state index in [0.29, 0.717) is 0 Å². The van der Waals surface area contributed by atoms with E-state index in [4.69, 9.17) is 5.73 Å². The van der Waals surface area contributed by atoms with Gasteiger partial charge >= 0.3 is 0 Å². The number of aromatic nitrogens is 3. The molecule has 2 atom stereocenters. The number of amides is 1. The molecule has 0 unspecified atom stereocenters. The van der Waals surface area contributed by atoms with Crippen molar-refractivity contribution in [2.45, 2.75) is 51.7 Å². The maximum Gasteiger partial charge on any atom is 0.239 e. The molecule has 1 aliphatic heterocycles. The van der Waals surface area contributed by atoms with Crippen LogP contribution >= 0.6 is 0 Å². The number of rotatable bonds is 5. The molecule has 2 rings (SSSR count). The molecular formula is C14H26N6O. The zero-order valence-corrected chi connectivity index (χ0v) is 13.3. The van der Waals surface area contributed by atoms with Gasteiger partial charge in [0.15, 0.2) is 0 Å². The summed E-state index contributed by atoms with van der Waals surface area (Å²) in [5, 5.41) is 11.6. The highest BCUT2D eigenvalue weighted by atomic mass is 16.2. The fourth-order valence-electron chi connectivity index (χ4n) is 2.61. The molecule has 0 aliphatic carbocycles. The van der Waals surface area contributed by atoms with E-state index in [1.807, 2.05) is 43.5 Å². The van der Waals surface area contributed by atoms with Gasteiger partial charge in [-0.3, -0.25) is 4.79 Å². The second kappa shape index (κ2) is 6.11. The second-order valence-corrected chi connectivity index (χ2v) is 6.17. The van der Waals surface area contributed by atoms with Gasteiger partial charge in [0.1, 0.15) is 5.69 Å². The number of nitrogens with one attached hydrogen (secondary N) is 1. The van der Waals surface area contributed by atoms with Gasteiger partial charge in [0.05, 0.1) is 23.8 Å². The van der Waals surface area contributed by atoms with Crippen LogP contribution in [-0.2, 0) is 10.3 Å². The van der Waals surface area contributed by atoms with Crippen LogP contribution in [0.1, 0.15) is 45.9 Å². The summed E-state index contributed by atoms with van der Waals surface area (Å²) in [6.45, 7) is 10.0. The first-order valence-electron chi connectivity index (χ1n) is 7.60. The summed E-state index contributed by atoms with van der Waals surface area (Å²) in [6, 6.07) is 0.0200. The Balaban J connectivity index is 2.02. The first-order chi connectivity index (χ1) is 9.86. The van der Waals surface area contributed by atoms with Crippen LogP contribution in [0, 0.1) is 0 Å². The molecule has 2 heterocycles. The lowest BCUT2D eigenvalue weighted by Gasteiger charge is -2.22. The van der Waals surface area contributed by atoms with Crippen molar-refractivity contribution in [3.63, 3.8) is 0 Å². The molecule has 0 radical (unpaired) electrons. The average molecular weight is 294 g/mol.